The largest absolute Gasteiger partial charge is 0.428 e. The van der Waals surface area contributed by atoms with Crippen molar-refractivity contribution in [3.63, 3.8) is 0 Å². The minimum absolute atomic E-state index is 0.222. The Balaban J connectivity index is 2.04. The van der Waals surface area contributed by atoms with Crippen LogP contribution in [0.2, 0.25) is 6.04 Å². The molecule has 0 aliphatic carbocycles. The Labute approximate surface area is 100 Å². The van der Waals surface area contributed by atoms with E-state index in [0.29, 0.717) is 5.56 Å². The number of rotatable bonds is 2. The van der Waals surface area contributed by atoms with E-state index in [9.17, 15) is 10.0 Å². The topological polar surface area (TPSA) is 49.8 Å². The first-order chi connectivity index (χ1) is 7.79. The van der Waals surface area contributed by atoms with Crippen LogP contribution in [0.25, 0.3) is 0 Å². The Kier molecular flexibility index (Phi) is 4.07. The van der Waals surface area contributed by atoms with Crippen molar-refractivity contribution in [1.82, 2.24) is 4.73 Å². The number of hydrogen-bond acceptors (Lipinski definition) is 3. The molecule has 16 heavy (non-hydrogen) atoms. The highest BCUT2D eigenvalue weighted by atomic mass is 29.6. The number of benzene rings is 1. The third-order valence-electron chi connectivity index (χ3n) is 2.77. The van der Waals surface area contributed by atoms with Gasteiger partial charge in [-0.05, 0) is 18.2 Å². The van der Waals surface area contributed by atoms with Gasteiger partial charge in [-0.25, -0.2) is 0 Å². The summed E-state index contributed by atoms with van der Waals surface area (Å²) in [6.07, 6.45) is 0. The predicted octanol–water partition coefficient (Wildman–Crippen LogP) is -1.06. The zero-order valence-corrected chi connectivity index (χ0v) is 13.0. The Morgan fingerprint density at radius 3 is 2.81 bits per heavy atom. The standard InChI is InChI=1S/C9H15NO3Si3/c11-9(8-4-2-1-3-5-8)10(12)16-7-6-13-14-15-16/h1-5,12,16H,6-7,14-15H2. The Hall–Kier alpha value is -0.739. The van der Waals surface area contributed by atoms with Crippen LogP contribution in [-0.4, -0.2) is 48.8 Å². The first kappa shape index (κ1) is 11.7. The van der Waals surface area contributed by atoms with Gasteiger partial charge >= 0.3 is 0 Å². The molecule has 7 heteroatoms. The van der Waals surface area contributed by atoms with Crippen LogP contribution in [0.1, 0.15) is 10.4 Å². The van der Waals surface area contributed by atoms with Crippen LogP contribution < -0.4 is 0 Å². The average molecular weight is 269 g/mol. The van der Waals surface area contributed by atoms with E-state index in [0.717, 1.165) is 17.4 Å². The van der Waals surface area contributed by atoms with E-state index in [2.05, 4.69) is 0 Å². The van der Waals surface area contributed by atoms with Gasteiger partial charge < -0.3 is 4.43 Å². The highest BCUT2D eigenvalue weighted by Crippen LogP contribution is 2.08. The highest BCUT2D eigenvalue weighted by Gasteiger charge is 2.27. The number of amides is 1. The summed E-state index contributed by atoms with van der Waals surface area (Å²) in [5.74, 6) is -0.222. The fourth-order valence-corrected chi connectivity index (χ4v) is 17.9. The fraction of sp³-hybridized carbons (Fsp3) is 0.222. The quantitative estimate of drug-likeness (QED) is 0.423. The van der Waals surface area contributed by atoms with Gasteiger partial charge in [0.15, 0.2) is 8.48 Å². The van der Waals surface area contributed by atoms with Gasteiger partial charge in [0.05, 0.1) is 8.55 Å². The first-order valence-corrected chi connectivity index (χ1v) is 14.6. The molecule has 0 bridgehead atoms. The lowest BCUT2D eigenvalue weighted by molar-refractivity contribution is 0.00368. The highest BCUT2D eigenvalue weighted by molar-refractivity contribution is 7.34. The molecule has 1 unspecified atom stereocenters. The summed E-state index contributed by atoms with van der Waals surface area (Å²) in [7, 11) is -1.94. The number of carbonyl (C=O) groups excluding carboxylic acids is 1. The molecule has 1 fully saturated rings. The molecule has 0 aromatic heterocycles. The number of hydrogen-bond donors (Lipinski definition) is 1. The lowest BCUT2D eigenvalue weighted by Crippen LogP contribution is -2.51. The van der Waals surface area contributed by atoms with Gasteiger partial charge in [-0.15, -0.1) is 0 Å². The van der Waals surface area contributed by atoms with Crippen molar-refractivity contribution in [1.29, 1.82) is 0 Å². The fourth-order valence-electron chi connectivity index (χ4n) is 1.81. The molecule has 1 aliphatic rings. The predicted molar refractivity (Wildman–Crippen MR) is 69.4 cm³/mol. The van der Waals surface area contributed by atoms with Gasteiger partial charge in [0, 0.05) is 12.2 Å². The molecule has 1 aromatic carbocycles. The van der Waals surface area contributed by atoms with Crippen molar-refractivity contribution in [2.45, 2.75) is 6.04 Å². The molecular weight excluding hydrogens is 254 g/mol. The minimum Gasteiger partial charge on any atom is -0.428 e. The molecule has 1 amide bonds. The second-order valence-electron chi connectivity index (χ2n) is 3.86. The van der Waals surface area contributed by atoms with Gasteiger partial charge in [-0.1, -0.05) is 18.2 Å². The van der Waals surface area contributed by atoms with Crippen molar-refractivity contribution in [3.8, 4) is 0 Å². The molecule has 1 atom stereocenters. The van der Waals surface area contributed by atoms with Crippen molar-refractivity contribution in [2.24, 2.45) is 0 Å². The first-order valence-electron chi connectivity index (χ1n) is 5.44. The molecule has 4 nitrogen and oxygen atoms in total. The second kappa shape index (κ2) is 5.55. The van der Waals surface area contributed by atoms with Crippen LogP contribution in [-0.2, 0) is 4.43 Å². The van der Waals surface area contributed by atoms with E-state index in [4.69, 9.17) is 4.43 Å². The summed E-state index contributed by atoms with van der Waals surface area (Å²) >= 11 is 0. The summed E-state index contributed by atoms with van der Waals surface area (Å²) in [6.45, 7) is 0.759. The second-order valence-corrected chi connectivity index (χ2v) is 18.6. The van der Waals surface area contributed by atoms with E-state index in [1.165, 1.54) is 0 Å². The zero-order valence-electron chi connectivity index (χ0n) is 9.00. The van der Waals surface area contributed by atoms with Crippen LogP contribution in [0.15, 0.2) is 30.3 Å². The van der Waals surface area contributed by atoms with Gasteiger partial charge in [0.25, 0.3) is 5.91 Å². The molecular formula is C9H15NO3Si3. The Bertz CT molecular complexity index is 356. The summed E-state index contributed by atoms with van der Waals surface area (Å²) in [6, 6.07) is 9.93. The van der Waals surface area contributed by atoms with Gasteiger partial charge in [0.2, 0.25) is 0 Å². The molecule has 1 aromatic rings. The van der Waals surface area contributed by atoms with Gasteiger partial charge in [-0.2, -0.15) is 0 Å². The maximum absolute atomic E-state index is 12.0. The molecule has 1 aliphatic heterocycles. The van der Waals surface area contributed by atoms with Crippen molar-refractivity contribution in [2.75, 3.05) is 6.61 Å². The van der Waals surface area contributed by atoms with Crippen molar-refractivity contribution in [3.05, 3.63) is 35.9 Å². The van der Waals surface area contributed by atoms with Gasteiger partial charge in [0.1, 0.15) is 9.28 Å². The number of hydroxylamine groups is 1. The maximum Gasteiger partial charge on any atom is 0.268 e. The normalized spacial score (nSPS) is 23.4. The minimum atomic E-state index is -1.33. The van der Waals surface area contributed by atoms with Crippen molar-refractivity contribution < 1.29 is 14.4 Å². The molecule has 1 N–H and O–H groups in total. The number of carbonyl (C=O) groups is 1. The SMILES string of the molecule is O=C(c1ccccc1)N(O)[SiH]1CCO[SiH2][SiH2]1. The van der Waals surface area contributed by atoms with Crippen molar-refractivity contribution >= 4 is 32.2 Å². The summed E-state index contributed by atoms with van der Waals surface area (Å²) < 4.78 is 6.50. The van der Waals surface area contributed by atoms with Crippen LogP contribution in [0.5, 0.6) is 0 Å². The summed E-state index contributed by atoms with van der Waals surface area (Å²) in [4.78, 5) is 12.0. The molecule has 1 saturated heterocycles. The Morgan fingerprint density at radius 2 is 2.19 bits per heavy atom. The smallest absolute Gasteiger partial charge is 0.268 e. The van der Waals surface area contributed by atoms with E-state index in [1.54, 1.807) is 12.1 Å². The lowest BCUT2D eigenvalue weighted by Gasteiger charge is -2.27. The third kappa shape index (κ3) is 2.68. The van der Waals surface area contributed by atoms with Crippen LogP contribution in [0.3, 0.4) is 0 Å². The molecule has 86 valence electrons. The Morgan fingerprint density at radius 1 is 1.44 bits per heavy atom. The van der Waals surface area contributed by atoms with E-state index >= 15 is 0 Å². The van der Waals surface area contributed by atoms with E-state index in [-0.39, 0.29) is 23.7 Å². The number of nitrogens with zero attached hydrogens (tertiary/aromatic N) is 1. The molecule has 0 radical (unpaired) electrons. The summed E-state index contributed by atoms with van der Waals surface area (Å²) in [5.41, 5.74) is 0.583. The maximum atomic E-state index is 12.0. The van der Waals surface area contributed by atoms with Crippen LogP contribution >= 0.6 is 0 Å². The van der Waals surface area contributed by atoms with Crippen LogP contribution in [0.4, 0.5) is 0 Å². The molecule has 0 saturated carbocycles. The molecule has 0 spiro atoms. The molecule has 1 heterocycles. The lowest BCUT2D eigenvalue weighted by atomic mass is 10.2. The van der Waals surface area contributed by atoms with E-state index in [1.807, 2.05) is 18.2 Å². The zero-order chi connectivity index (χ0) is 11.4. The summed E-state index contributed by atoms with van der Waals surface area (Å²) in [5, 5.41) is 9.94. The molecule has 2 rings (SSSR count). The average Bonchev–Trinajstić information content (AvgIpc) is 2.39. The van der Waals surface area contributed by atoms with E-state index < -0.39 is 8.48 Å². The van der Waals surface area contributed by atoms with Crippen LogP contribution in [0, 0.1) is 0 Å². The third-order valence-corrected chi connectivity index (χ3v) is 20.0. The monoisotopic (exact) mass is 269 g/mol. The van der Waals surface area contributed by atoms with Gasteiger partial charge in [-0.3, -0.25) is 14.7 Å².